The molecule has 5 nitrogen and oxygen atoms in total. The predicted molar refractivity (Wildman–Crippen MR) is 120 cm³/mol. The molecule has 7 heteroatoms. The quantitative estimate of drug-likeness (QED) is 0.773. The van der Waals surface area contributed by atoms with Gasteiger partial charge in [0.15, 0.2) is 9.84 Å². The Morgan fingerprint density at radius 3 is 2.59 bits per heavy atom. The Morgan fingerprint density at radius 1 is 1.14 bits per heavy atom. The molecule has 0 spiro atoms. The number of rotatable bonds is 5. The van der Waals surface area contributed by atoms with Gasteiger partial charge in [-0.2, -0.15) is 0 Å². The van der Waals surface area contributed by atoms with Gasteiger partial charge in [-0.3, -0.25) is 4.79 Å². The molecule has 0 aliphatic carbocycles. The number of amides is 1. The lowest BCUT2D eigenvalue weighted by Crippen LogP contribution is -2.18. The highest BCUT2D eigenvalue weighted by Crippen LogP contribution is 2.33. The van der Waals surface area contributed by atoms with Crippen LogP contribution in [-0.4, -0.2) is 44.2 Å². The predicted octanol–water partition coefficient (Wildman–Crippen LogP) is 4.13. The molecule has 1 atom stereocenters. The van der Waals surface area contributed by atoms with Gasteiger partial charge in [0.2, 0.25) is 0 Å². The summed E-state index contributed by atoms with van der Waals surface area (Å²) in [4.78, 5) is 16.2. The van der Waals surface area contributed by atoms with E-state index < -0.39 is 9.84 Å². The topological polar surface area (TPSA) is 66.5 Å². The highest BCUT2D eigenvalue weighted by Gasteiger charge is 2.29. The highest BCUT2D eigenvalue weighted by atomic mass is 32.2. The lowest BCUT2D eigenvalue weighted by atomic mass is 10.1. The first-order valence-electron chi connectivity index (χ1n) is 10.0. The van der Waals surface area contributed by atoms with E-state index >= 15 is 0 Å². The Kier molecular flexibility index (Phi) is 5.88. The Morgan fingerprint density at radius 2 is 1.90 bits per heavy atom. The molecule has 1 N–H and O–H groups in total. The van der Waals surface area contributed by atoms with Crippen molar-refractivity contribution in [1.82, 2.24) is 0 Å². The third-order valence-electron chi connectivity index (χ3n) is 5.55. The highest BCUT2D eigenvalue weighted by molar-refractivity contribution is 8.02. The van der Waals surface area contributed by atoms with E-state index in [1.807, 2.05) is 31.2 Å². The number of hydrogen-bond donors (Lipinski definition) is 1. The van der Waals surface area contributed by atoms with Crippen LogP contribution in [0.1, 0.15) is 35.2 Å². The van der Waals surface area contributed by atoms with E-state index in [4.69, 9.17) is 0 Å². The number of nitrogens with zero attached hydrogens (tertiary/aromatic N) is 1. The van der Waals surface area contributed by atoms with Crippen LogP contribution in [0.4, 0.5) is 11.4 Å². The van der Waals surface area contributed by atoms with E-state index in [0.29, 0.717) is 12.0 Å². The van der Waals surface area contributed by atoms with Crippen LogP contribution in [0.3, 0.4) is 0 Å². The monoisotopic (exact) mass is 430 g/mol. The number of nitrogens with one attached hydrogen (secondary N) is 1. The standard InChI is InChI=1S/C22H26N2O3S2/c1-16-14-17(24-11-4-5-12-24)8-9-20(16)23-22(25)19-6-2-3-7-21(19)28-18-10-13-29(26,27)15-18/h2-3,6-9,14,18H,4-5,10-13,15H2,1H3,(H,23,25). The zero-order valence-electron chi connectivity index (χ0n) is 16.6. The average Bonchev–Trinajstić information content (AvgIpc) is 3.33. The second-order valence-electron chi connectivity index (χ2n) is 7.79. The van der Waals surface area contributed by atoms with Gasteiger partial charge in [0.05, 0.1) is 17.1 Å². The van der Waals surface area contributed by atoms with Crippen LogP contribution < -0.4 is 10.2 Å². The van der Waals surface area contributed by atoms with Crippen molar-refractivity contribution >= 4 is 38.9 Å². The van der Waals surface area contributed by atoms with Gasteiger partial charge in [-0.1, -0.05) is 12.1 Å². The lowest BCUT2D eigenvalue weighted by molar-refractivity contribution is 0.102. The van der Waals surface area contributed by atoms with Crippen molar-refractivity contribution < 1.29 is 13.2 Å². The Balaban J connectivity index is 1.49. The number of aryl methyl sites for hydroxylation is 1. The van der Waals surface area contributed by atoms with Crippen molar-refractivity contribution in [3.8, 4) is 0 Å². The Labute approximate surface area is 176 Å². The molecule has 2 heterocycles. The number of sulfone groups is 1. The summed E-state index contributed by atoms with van der Waals surface area (Å²) in [6.45, 7) is 4.19. The minimum atomic E-state index is -2.94. The molecule has 29 heavy (non-hydrogen) atoms. The SMILES string of the molecule is Cc1cc(N2CCCC2)ccc1NC(=O)c1ccccc1SC1CCS(=O)(=O)C1. The number of benzene rings is 2. The number of carbonyl (C=O) groups is 1. The van der Waals surface area contributed by atoms with Crippen LogP contribution in [0.15, 0.2) is 47.4 Å². The third-order valence-corrected chi connectivity index (χ3v) is 8.87. The molecule has 1 unspecified atom stereocenters. The number of carbonyl (C=O) groups excluding carboxylic acids is 1. The summed E-state index contributed by atoms with van der Waals surface area (Å²) in [5.41, 5.74) is 3.64. The Hall–Kier alpha value is -1.99. The summed E-state index contributed by atoms with van der Waals surface area (Å²) in [6, 6.07) is 13.6. The van der Waals surface area contributed by atoms with Crippen molar-refractivity contribution in [2.45, 2.75) is 36.3 Å². The molecule has 154 valence electrons. The van der Waals surface area contributed by atoms with Gasteiger partial charge < -0.3 is 10.2 Å². The maximum Gasteiger partial charge on any atom is 0.256 e. The van der Waals surface area contributed by atoms with Crippen molar-refractivity contribution in [3.05, 3.63) is 53.6 Å². The molecule has 2 aliphatic heterocycles. The fourth-order valence-corrected chi connectivity index (χ4v) is 7.57. The van der Waals surface area contributed by atoms with Gasteiger partial charge in [-0.05, 0) is 62.1 Å². The zero-order valence-corrected chi connectivity index (χ0v) is 18.2. The van der Waals surface area contributed by atoms with Crippen molar-refractivity contribution in [3.63, 3.8) is 0 Å². The largest absolute Gasteiger partial charge is 0.372 e. The van der Waals surface area contributed by atoms with Crippen LogP contribution in [0, 0.1) is 6.92 Å². The molecular formula is C22H26N2O3S2. The molecule has 2 saturated heterocycles. The summed E-state index contributed by atoms with van der Waals surface area (Å²) in [7, 11) is -2.94. The minimum absolute atomic E-state index is 0.00966. The van der Waals surface area contributed by atoms with Crippen molar-refractivity contribution in [2.24, 2.45) is 0 Å². The van der Waals surface area contributed by atoms with Crippen LogP contribution in [0.2, 0.25) is 0 Å². The molecule has 0 bridgehead atoms. The molecule has 1 amide bonds. The second kappa shape index (κ2) is 8.40. The van der Waals surface area contributed by atoms with E-state index in [9.17, 15) is 13.2 Å². The fourth-order valence-electron chi connectivity index (χ4n) is 3.94. The molecule has 0 radical (unpaired) electrons. The first-order valence-corrected chi connectivity index (χ1v) is 12.7. The van der Waals surface area contributed by atoms with E-state index in [0.717, 1.165) is 29.2 Å². The number of hydrogen-bond acceptors (Lipinski definition) is 5. The Bertz CT molecular complexity index is 1010. The first-order chi connectivity index (χ1) is 13.9. The molecule has 2 aromatic carbocycles. The fraction of sp³-hybridized carbons (Fsp3) is 0.409. The first kappa shape index (κ1) is 20.3. The molecule has 2 fully saturated rings. The third kappa shape index (κ3) is 4.78. The van der Waals surface area contributed by atoms with E-state index in [1.54, 1.807) is 6.07 Å². The van der Waals surface area contributed by atoms with Crippen LogP contribution in [0.25, 0.3) is 0 Å². The van der Waals surface area contributed by atoms with E-state index in [1.165, 1.54) is 30.3 Å². The van der Waals surface area contributed by atoms with Gasteiger partial charge >= 0.3 is 0 Å². The number of anilines is 2. The maximum atomic E-state index is 13.0. The van der Waals surface area contributed by atoms with Gasteiger partial charge in [0.1, 0.15) is 0 Å². The van der Waals surface area contributed by atoms with Crippen LogP contribution in [0.5, 0.6) is 0 Å². The van der Waals surface area contributed by atoms with Crippen molar-refractivity contribution in [2.75, 3.05) is 34.8 Å². The van der Waals surface area contributed by atoms with Gasteiger partial charge in [-0.25, -0.2) is 8.42 Å². The molecular weight excluding hydrogens is 404 g/mol. The van der Waals surface area contributed by atoms with Gasteiger partial charge in [0, 0.05) is 34.6 Å². The summed E-state index contributed by atoms with van der Waals surface area (Å²) in [6.07, 6.45) is 3.10. The van der Waals surface area contributed by atoms with E-state index in [-0.39, 0.29) is 22.7 Å². The lowest BCUT2D eigenvalue weighted by Gasteiger charge is -2.19. The van der Waals surface area contributed by atoms with Crippen LogP contribution in [-0.2, 0) is 9.84 Å². The molecule has 2 aromatic rings. The summed E-state index contributed by atoms with van der Waals surface area (Å²) >= 11 is 1.50. The zero-order chi connectivity index (χ0) is 20.4. The molecule has 0 aromatic heterocycles. The molecule has 0 saturated carbocycles. The summed E-state index contributed by atoms with van der Waals surface area (Å²) < 4.78 is 23.5. The average molecular weight is 431 g/mol. The van der Waals surface area contributed by atoms with E-state index in [2.05, 4.69) is 22.3 Å². The van der Waals surface area contributed by atoms with Crippen molar-refractivity contribution in [1.29, 1.82) is 0 Å². The minimum Gasteiger partial charge on any atom is -0.372 e. The van der Waals surface area contributed by atoms with Crippen LogP contribution >= 0.6 is 11.8 Å². The normalized spacial score (nSPS) is 20.7. The smallest absolute Gasteiger partial charge is 0.256 e. The molecule has 4 rings (SSSR count). The summed E-state index contributed by atoms with van der Waals surface area (Å²) in [5.74, 6) is 0.262. The van der Waals surface area contributed by atoms with Gasteiger partial charge in [-0.15, -0.1) is 11.8 Å². The van der Waals surface area contributed by atoms with Gasteiger partial charge in [0.25, 0.3) is 5.91 Å². The second-order valence-corrected chi connectivity index (χ2v) is 11.4. The number of thioether (sulfide) groups is 1. The maximum absolute atomic E-state index is 13.0. The molecule has 2 aliphatic rings. The summed E-state index contributed by atoms with van der Waals surface area (Å²) in [5, 5.41) is 3.05.